The van der Waals surface area contributed by atoms with Gasteiger partial charge in [0.2, 0.25) is 11.8 Å². The normalized spacial score (nSPS) is 20.3. The fourth-order valence-corrected chi connectivity index (χ4v) is 2.30. The Morgan fingerprint density at radius 2 is 1.78 bits per heavy atom. The van der Waals surface area contributed by atoms with Crippen molar-refractivity contribution in [3.63, 3.8) is 0 Å². The van der Waals surface area contributed by atoms with E-state index in [1.54, 1.807) is 30.7 Å². The quantitative estimate of drug-likeness (QED) is 0.660. The van der Waals surface area contributed by atoms with E-state index in [-0.39, 0.29) is 11.8 Å². The van der Waals surface area contributed by atoms with Gasteiger partial charge in [0.1, 0.15) is 6.04 Å². The van der Waals surface area contributed by atoms with Crippen LogP contribution in [0.1, 0.15) is 13.8 Å². The van der Waals surface area contributed by atoms with Crippen molar-refractivity contribution in [3.05, 3.63) is 0 Å². The fourth-order valence-electron chi connectivity index (χ4n) is 1.77. The summed E-state index contributed by atoms with van der Waals surface area (Å²) < 4.78 is 2.22. The number of nitrogens with two attached hydrogens (primary N) is 1. The van der Waals surface area contributed by atoms with Gasteiger partial charge in [-0.2, -0.15) is 0 Å². The molecule has 0 radical (unpaired) electrons. The molecule has 2 amide bonds. The Labute approximate surface area is 112 Å². The summed E-state index contributed by atoms with van der Waals surface area (Å²) >= 11 is 1.69. The first kappa shape index (κ1) is 15.3. The third-order valence-electron chi connectivity index (χ3n) is 2.95. The lowest BCUT2D eigenvalue weighted by Crippen LogP contribution is -2.54. The second-order valence-corrected chi connectivity index (χ2v) is 5.34. The van der Waals surface area contributed by atoms with Crippen LogP contribution < -0.4 is 11.1 Å². The van der Waals surface area contributed by atoms with Gasteiger partial charge in [-0.05, 0) is 20.1 Å². The van der Waals surface area contributed by atoms with Gasteiger partial charge < -0.3 is 16.0 Å². The molecular weight excluding hydrogens is 252 g/mol. The number of hydrogen-bond acceptors (Lipinski definition) is 5. The molecule has 1 saturated heterocycles. The van der Waals surface area contributed by atoms with Crippen molar-refractivity contribution in [2.75, 3.05) is 32.4 Å². The van der Waals surface area contributed by atoms with E-state index in [0.29, 0.717) is 13.1 Å². The Kier molecular flexibility index (Phi) is 5.90. The lowest BCUT2D eigenvalue weighted by Gasteiger charge is -2.34. The summed E-state index contributed by atoms with van der Waals surface area (Å²) in [6.45, 7) is 6.44. The lowest BCUT2D eigenvalue weighted by atomic mass is 10.2. The topological polar surface area (TPSA) is 78.7 Å². The third kappa shape index (κ3) is 4.15. The predicted molar refractivity (Wildman–Crippen MR) is 72.9 cm³/mol. The second-order valence-electron chi connectivity index (χ2n) is 4.46. The van der Waals surface area contributed by atoms with Crippen LogP contribution in [0.3, 0.4) is 0 Å². The predicted octanol–water partition coefficient (Wildman–Crippen LogP) is -0.739. The molecule has 104 valence electrons. The number of nitrogens with one attached hydrogen (secondary N) is 1. The van der Waals surface area contributed by atoms with Crippen LogP contribution in [0.2, 0.25) is 0 Å². The summed E-state index contributed by atoms with van der Waals surface area (Å²) in [6, 6.07) is -1.10. The average Bonchev–Trinajstić information content (AvgIpc) is 2.37. The van der Waals surface area contributed by atoms with Crippen LogP contribution in [0.25, 0.3) is 0 Å². The van der Waals surface area contributed by atoms with Crippen molar-refractivity contribution < 1.29 is 9.59 Å². The maximum absolute atomic E-state index is 12.1. The number of carbonyl (C=O) groups excluding carboxylic acids is 2. The van der Waals surface area contributed by atoms with Crippen molar-refractivity contribution in [3.8, 4) is 0 Å². The molecule has 0 aromatic carbocycles. The molecule has 1 aliphatic heterocycles. The Bertz CT molecular complexity index is 303. The van der Waals surface area contributed by atoms with Gasteiger partial charge >= 0.3 is 0 Å². The first-order valence-electron chi connectivity index (χ1n) is 6.09. The van der Waals surface area contributed by atoms with Crippen LogP contribution in [0.15, 0.2) is 0 Å². The van der Waals surface area contributed by atoms with Crippen molar-refractivity contribution in [1.29, 1.82) is 0 Å². The highest BCUT2D eigenvalue weighted by atomic mass is 32.2. The standard InChI is InChI=1S/C11H22N4O2S/c1-8(12)10(16)13-9(2)11(17)14-4-6-15(18-3)7-5-14/h8-9H,4-7,12H2,1-3H3,(H,13,16)/t8-,9-/m1/s1. The van der Waals surface area contributed by atoms with Gasteiger partial charge in [-0.25, -0.2) is 4.31 Å². The zero-order valence-corrected chi connectivity index (χ0v) is 12.0. The van der Waals surface area contributed by atoms with Crippen LogP contribution in [0.5, 0.6) is 0 Å². The van der Waals surface area contributed by atoms with E-state index in [2.05, 4.69) is 9.62 Å². The molecule has 0 bridgehead atoms. The van der Waals surface area contributed by atoms with Crippen molar-refractivity contribution in [1.82, 2.24) is 14.5 Å². The Hall–Kier alpha value is -0.790. The number of piperazine rings is 1. The minimum Gasteiger partial charge on any atom is -0.343 e. The molecule has 0 aromatic heterocycles. The molecule has 0 spiro atoms. The van der Waals surface area contributed by atoms with Gasteiger partial charge in [-0.15, -0.1) is 0 Å². The smallest absolute Gasteiger partial charge is 0.244 e. The SMILES string of the molecule is CSN1CCN(C(=O)[C@@H](C)NC(=O)[C@@H](C)N)CC1. The molecule has 0 aliphatic carbocycles. The van der Waals surface area contributed by atoms with Gasteiger partial charge in [-0.1, -0.05) is 11.9 Å². The van der Waals surface area contributed by atoms with Gasteiger partial charge in [0.25, 0.3) is 0 Å². The molecule has 18 heavy (non-hydrogen) atoms. The maximum Gasteiger partial charge on any atom is 0.244 e. The molecule has 0 unspecified atom stereocenters. The largest absolute Gasteiger partial charge is 0.343 e. The van der Waals surface area contributed by atoms with Gasteiger partial charge in [0.05, 0.1) is 6.04 Å². The van der Waals surface area contributed by atoms with Gasteiger partial charge in [0, 0.05) is 26.2 Å². The lowest BCUT2D eigenvalue weighted by molar-refractivity contribution is -0.137. The highest BCUT2D eigenvalue weighted by Crippen LogP contribution is 2.10. The van der Waals surface area contributed by atoms with E-state index in [1.807, 2.05) is 6.26 Å². The first-order valence-corrected chi connectivity index (χ1v) is 7.27. The number of rotatable bonds is 4. The zero-order chi connectivity index (χ0) is 13.7. The minimum atomic E-state index is -0.589. The van der Waals surface area contributed by atoms with Gasteiger partial charge in [0.15, 0.2) is 0 Å². The van der Waals surface area contributed by atoms with Crippen LogP contribution in [0.4, 0.5) is 0 Å². The summed E-state index contributed by atoms with van der Waals surface area (Å²) in [6.07, 6.45) is 2.03. The van der Waals surface area contributed by atoms with E-state index in [0.717, 1.165) is 13.1 Å². The van der Waals surface area contributed by atoms with E-state index in [9.17, 15) is 9.59 Å². The molecule has 6 nitrogen and oxygen atoms in total. The fraction of sp³-hybridized carbons (Fsp3) is 0.818. The second kappa shape index (κ2) is 6.96. The van der Waals surface area contributed by atoms with Crippen LogP contribution in [-0.4, -0.2) is 65.5 Å². The van der Waals surface area contributed by atoms with E-state index < -0.39 is 12.1 Å². The van der Waals surface area contributed by atoms with E-state index >= 15 is 0 Å². The number of carbonyl (C=O) groups is 2. The minimum absolute atomic E-state index is 0.0373. The number of hydrogen-bond donors (Lipinski definition) is 2. The molecule has 1 heterocycles. The van der Waals surface area contributed by atoms with Crippen LogP contribution in [-0.2, 0) is 9.59 Å². The Morgan fingerprint density at radius 1 is 1.22 bits per heavy atom. The summed E-state index contributed by atoms with van der Waals surface area (Å²) in [5.41, 5.74) is 5.45. The summed E-state index contributed by atoms with van der Waals surface area (Å²) in [7, 11) is 0. The molecule has 2 atom stereocenters. The monoisotopic (exact) mass is 274 g/mol. The van der Waals surface area contributed by atoms with Gasteiger partial charge in [-0.3, -0.25) is 9.59 Å². The molecule has 3 N–H and O–H groups in total. The average molecular weight is 274 g/mol. The molecule has 1 rings (SSSR count). The Morgan fingerprint density at radius 3 is 2.22 bits per heavy atom. The van der Waals surface area contributed by atoms with E-state index in [4.69, 9.17) is 5.73 Å². The van der Waals surface area contributed by atoms with Crippen molar-refractivity contribution in [2.24, 2.45) is 5.73 Å². The molecule has 0 aromatic rings. The summed E-state index contributed by atoms with van der Waals surface area (Å²) in [5, 5.41) is 2.63. The molecule has 1 fully saturated rings. The summed E-state index contributed by atoms with van der Waals surface area (Å²) in [4.78, 5) is 25.3. The van der Waals surface area contributed by atoms with Crippen LogP contribution >= 0.6 is 11.9 Å². The number of amides is 2. The summed E-state index contributed by atoms with van der Waals surface area (Å²) in [5.74, 6) is -0.330. The van der Waals surface area contributed by atoms with E-state index in [1.165, 1.54) is 0 Å². The zero-order valence-electron chi connectivity index (χ0n) is 11.2. The highest BCUT2D eigenvalue weighted by Gasteiger charge is 2.26. The number of nitrogens with zero attached hydrogens (tertiary/aromatic N) is 2. The molecule has 0 saturated carbocycles. The highest BCUT2D eigenvalue weighted by molar-refractivity contribution is 7.96. The molecule has 1 aliphatic rings. The van der Waals surface area contributed by atoms with Crippen LogP contribution in [0, 0.1) is 0 Å². The Balaban J connectivity index is 2.42. The molecule has 7 heteroatoms. The first-order chi connectivity index (χ1) is 8.45. The third-order valence-corrected chi connectivity index (χ3v) is 3.83. The molecular formula is C11H22N4O2S. The van der Waals surface area contributed by atoms with Crippen molar-refractivity contribution in [2.45, 2.75) is 25.9 Å². The maximum atomic E-state index is 12.1. The van der Waals surface area contributed by atoms with Crippen molar-refractivity contribution >= 4 is 23.8 Å².